The highest BCUT2D eigenvalue weighted by Gasteiger charge is 2.21. The summed E-state index contributed by atoms with van der Waals surface area (Å²) in [5.41, 5.74) is 3.62. The van der Waals surface area contributed by atoms with Gasteiger partial charge in [0.1, 0.15) is 0 Å². The zero-order valence-electron chi connectivity index (χ0n) is 12.8. The number of benzene rings is 1. The lowest BCUT2D eigenvalue weighted by Crippen LogP contribution is -2.11. The first-order valence-electron chi connectivity index (χ1n) is 7.35. The minimum atomic E-state index is -0.00116. The van der Waals surface area contributed by atoms with E-state index in [9.17, 15) is 4.79 Å². The fraction of sp³-hybridized carbons (Fsp3) is 0.118. The van der Waals surface area contributed by atoms with Crippen molar-refractivity contribution in [3.05, 3.63) is 57.3 Å². The van der Waals surface area contributed by atoms with Crippen molar-refractivity contribution in [2.45, 2.75) is 6.42 Å². The van der Waals surface area contributed by atoms with Crippen molar-refractivity contribution in [3.8, 4) is 11.3 Å². The van der Waals surface area contributed by atoms with E-state index < -0.39 is 0 Å². The van der Waals surface area contributed by atoms with Crippen molar-refractivity contribution >= 4 is 40.4 Å². The van der Waals surface area contributed by atoms with Gasteiger partial charge in [0.05, 0.1) is 17.1 Å². The average molecular weight is 357 g/mol. The van der Waals surface area contributed by atoms with E-state index in [1.165, 1.54) is 11.3 Å². The lowest BCUT2D eigenvalue weighted by molar-refractivity contribution is -0.115. The van der Waals surface area contributed by atoms with E-state index in [0.29, 0.717) is 17.3 Å². The summed E-state index contributed by atoms with van der Waals surface area (Å²) >= 11 is 7.95. The quantitative estimate of drug-likeness (QED) is 0.763. The van der Waals surface area contributed by atoms with Gasteiger partial charge in [-0.2, -0.15) is 0 Å². The third-order valence-electron chi connectivity index (χ3n) is 3.88. The number of rotatable bonds is 2. The van der Waals surface area contributed by atoms with Gasteiger partial charge in [-0.05, 0) is 29.8 Å². The van der Waals surface area contributed by atoms with Crippen molar-refractivity contribution in [2.24, 2.45) is 12.0 Å². The molecule has 0 spiro atoms. The van der Waals surface area contributed by atoms with Crippen LogP contribution in [0.2, 0.25) is 5.02 Å². The number of nitrogens with zero attached hydrogens (tertiary/aromatic N) is 3. The third-order valence-corrected chi connectivity index (χ3v) is 5.11. The highest BCUT2D eigenvalue weighted by molar-refractivity contribution is 7.07. The summed E-state index contributed by atoms with van der Waals surface area (Å²) < 4.78 is 1.98. The molecular formula is C17H13ClN4OS. The Morgan fingerprint density at radius 1 is 1.38 bits per heavy atom. The number of pyridine rings is 1. The molecule has 4 rings (SSSR count). The Morgan fingerprint density at radius 2 is 2.25 bits per heavy atom. The van der Waals surface area contributed by atoms with Gasteiger partial charge in [0, 0.05) is 29.9 Å². The molecular weight excluding hydrogens is 344 g/mol. The highest BCUT2D eigenvalue weighted by Crippen LogP contribution is 2.35. The number of fused-ring (bicyclic) bond motifs is 1. The van der Waals surface area contributed by atoms with Gasteiger partial charge in [-0.1, -0.05) is 17.7 Å². The van der Waals surface area contributed by atoms with Gasteiger partial charge in [0.2, 0.25) is 5.91 Å². The lowest BCUT2D eigenvalue weighted by atomic mass is 10.1. The summed E-state index contributed by atoms with van der Waals surface area (Å²) in [6.07, 6.45) is 2.10. The Kier molecular flexibility index (Phi) is 3.70. The van der Waals surface area contributed by atoms with E-state index in [2.05, 4.69) is 15.3 Å². The maximum Gasteiger partial charge on any atom is 0.228 e. The maximum absolute atomic E-state index is 11.6. The molecule has 0 radical (unpaired) electrons. The van der Waals surface area contributed by atoms with Crippen LogP contribution in [0.1, 0.15) is 5.56 Å². The van der Waals surface area contributed by atoms with Crippen LogP contribution in [-0.4, -0.2) is 15.5 Å². The number of halogens is 1. The number of aromatic nitrogens is 2. The molecule has 0 fully saturated rings. The van der Waals surface area contributed by atoms with Crippen LogP contribution >= 0.6 is 22.9 Å². The highest BCUT2D eigenvalue weighted by atomic mass is 35.5. The molecule has 3 heterocycles. The predicted octanol–water partition coefficient (Wildman–Crippen LogP) is 3.53. The van der Waals surface area contributed by atoms with Crippen molar-refractivity contribution in [3.63, 3.8) is 0 Å². The molecule has 3 aromatic rings. The molecule has 0 unspecified atom stereocenters. The van der Waals surface area contributed by atoms with Gasteiger partial charge in [-0.25, -0.2) is 9.98 Å². The number of thiazole rings is 1. The van der Waals surface area contributed by atoms with Crippen LogP contribution < -0.4 is 10.1 Å². The first kappa shape index (κ1) is 15.1. The van der Waals surface area contributed by atoms with Crippen LogP contribution in [0.4, 0.5) is 11.5 Å². The molecule has 0 saturated heterocycles. The number of nitrogens with one attached hydrogen (secondary N) is 1. The van der Waals surface area contributed by atoms with Gasteiger partial charge in [0.25, 0.3) is 0 Å². The number of hydrogen-bond acceptors (Lipinski definition) is 4. The Balaban J connectivity index is 1.81. The summed E-state index contributed by atoms with van der Waals surface area (Å²) in [6, 6.07) is 9.41. The Hall–Kier alpha value is -2.44. The Morgan fingerprint density at radius 3 is 3.04 bits per heavy atom. The average Bonchev–Trinajstić information content (AvgIpc) is 3.10. The van der Waals surface area contributed by atoms with E-state index in [4.69, 9.17) is 11.6 Å². The predicted molar refractivity (Wildman–Crippen MR) is 95.5 cm³/mol. The molecule has 1 aliphatic heterocycles. The first-order valence-corrected chi connectivity index (χ1v) is 8.60. The number of amides is 1. The second kappa shape index (κ2) is 5.89. The second-order valence-corrected chi connectivity index (χ2v) is 6.72. The summed E-state index contributed by atoms with van der Waals surface area (Å²) in [5, 5.41) is 5.43. The normalized spacial score (nSPS) is 13.9. The van der Waals surface area contributed by atoms with Crippen LogP contribution in [0.25, 0.3) is 11.3 Å². The molecule has 120 valence electrons. The first-order chi connectivity index (χ1) is 11.6. The summed E-state index contributed by atoms with van der Waals surface area (Å²) in [4.78, 5) is 21.2. The molecule has 1 aliphatic rings. The minimum absolute atomic E-state index is 0.00116. The molecule has 0 saturated carbocycles. The summed E-state index contributed by atoms with van der Waals surface area (Å²) in [7, 11) is 1.95. The number of hydrogen-bond donors (Lipinski definition) is 1. The van der Waals surface area contributed by atoms with Crippen molar-refractivity contribution < 1.29 is 4.79 Å². The molecule has 7 heteroatoms. The van der Waals surface area contributed by atoms with Crippen LogP contribution in [0.3, 0.4) is 0 Å². The molecule has 24 heavy (non-hydrogen) atoms. The van der Waals surface area contributed by atoms with Crippen molar-refractivity contribution in [1.82, 2.24) is 9.55 Å². The molecule has 1 N–H and O–H groups in total. The van der Waals surface area contributed by atoms with E-state index in [1.54, 1.807) is 6.20 Å². The molecule has 0 atom stereocenters. The molecule has 2 aromatic heterocycles. The molecule has 0 bridgehead atoms. The lowest BCUT2D eigenvalue weighted by Gasteiger charge is -2.08. The second-order valence-electron chi connectivity index (χ2n) is 5.48. The fourth-order valence-corrected chi connectivity index (χ4v) is 3.84. The van der Waals surface area contributed by atoms with E-state index in [0.717, 1.165) is 27.3 Å². The number of anilines is 1. The van der Waals surface area contributed by atoms with Crippen LogP contribution in [0.15, 0.2) is 46.9 Å². The molecule has 1 amide bonds. The topological polar surface area (TPSA) is 59.3 Å². The number of carbonyl (C=O) groups excluding carboxylic acids is 1. The van der Waals surface area contributed by atoms with Gasteiger partial charge < -0.3 is 9.88 Å². The monoisotopic (exact) mass is 356 g/mol. The van der Waals surface area contributed by atoms with Gasteiger partial charge in [-0.15, -0.1) is 11.3 Å². The molecule has 5 nitrogen and oxygen atoms in total. The summed E-state index contributed by atoms with van der Waals surface area (Å²) in [6.45, 7) is 0. The van der Waals surface area contributed by atoms with Crippen LogP contribution in [-0.2, 0) is 18.3 Å². The van der Waals surface area contributed by atoms with Gasteiger partial charge >= 0.3 is 0 Å². The largest absolute Gasteiger partial charge is 0.325 e. The van der Waals surface area contributed by atoms with Crippen LogP contribution in [0, 0.1) is 0 Å². The standard InChI is InChI=1S/C17H13ClN4OS/c1-22-14(9-24-17(22)21-15-4-2-3-5-19-15)11-6-10-7-16(23)20-13(10)8-12(11)18/h2-6,8-9H,7H2,1H3,(H,20,23)/b21-17-. The fourth-order valence-electron chi connectivity index (χ4n) is 2.68. The smallest absolute Gasteiger partial charge is 0.228 e. The van der Waals surface area contributed by atoms with E-state index >= 15 is 0 Å². The van der Waals surface area contributed by atoms with Crippen LogP contribution in [0.5, 0.6) is 0 Å². The SMILES string of the molecule is Cn1c(-c2cc3c(cc2Cl)NC(=O)C3)cs/c1=N\c1ccccn1. The van der Waals surface area contributed by atoms with Crippen molar-refractivity contribution in [2.75, 3.05) is 5.32 Å². The minimum Gasteiger partial charge on any atom is -0.325 e. The third kappa shape index (κ3) is 2.64. The van der Waals surface area contributed by atoms with Gasteiger partial charge in [-0.3, -0.25) is 4.79 Å². The zero-order chi connectivity index (χ0) is 16.7. The molecule has 0 aliphatic carbocycles. The Labute approximate surface area is 147 Å². The van der Waals surface area contributed by atoms with Crippen molar-refractivity contribution in [1.29, 1.82) is 0 Å². The maximum atomic E-state index is 11.6. The summed E-state index contributed by atoms with van der Waals surface area (Å²) in [5.74, 6) is 0.662. The van der Waals surface area contributed by atoms with E-state index in [1.807, 2.05) is 47.3 Å². The zero-order valence-corrected chi connectivity index (χ0v) is 14.4. The Bertz CT molecular complexity index is 1010. The van der Waals surface area contributed by atoms with Gasteiger partial charge in [0.15, 0.2) is 10.6 Å². The van der Waals surface area contributed by atoms with E-state index in [-0.39, 0.29) is 5.91 Å². The number of carbonyl (C=O) groups is 1. The molecule has 1 aromatic carbocycles.